The Kier molecular flexibility index (Phi) is 10.3. The zero-order valence-corrected chi connectivity index (χ0v) is 18.9. The van der Waals surface area contributed by atoms with Crippen LogP contribution in [0.2, 0.25) is 0 Å². The molecule has 1 fully saturated rings. The predicted octanol–water partition coefficient (Wildman–Crippen LogP) is -3.33. The van der Waals surface area contributed by atoms with E-state index in [9.17, 15) is 20.1 Å². The normalized spacial score (nSPS) is 30.4. The molecule has 190 valence electrons. The fourth-order valence-corrected chi connectivity index (χ4v) is 3.85. The van der Waals surface area contributed by atoms with Gasteiger partial charge in [0, 0.05) is 31.5 Å². The summed E-state index contributed by atoms with van der Waals surface area (Å²) in [7, 11) is 0. The van der Waals surface area contributed by atoms with Crippen LogP contribution in [-0.2, 0) is 14.3 Å². The number of hydrogen-bond donors (Lipinski definition) is 9. The molecule has 0 aromatic rings. The van der Waals surface area contributed by atoms with Gasteiger partial charge in [0.1, 0.15) is 11.9 Å². The summed E-state index contributed by atoms with van der Waals surface area (Å²) in [6.07, 6.45) is 0.534. The highest BCUT2D eigenvalue weighted by atomic mass is 16.7. The molecule has 12 N–H and O–H groups in total. The van der Waals surface area contributed by atoms with Crippen LogP contribution in [0.1, 0.15) is 39.0 Å². The van der Waals surface area contributed by atoms with Crippen LogP contribution >= 0.6 is 0 Å². The van der Waals surface area contributed by atoms with Crippen LogP contribution in [-0.4, -0.2) is 94.4 Å². The van der Waals surface area contributed by atoms with Crippen molar-refractivity contribution >= 4 is 11.9 Å². The third kappa shape index (κ3) is 8.07. The zero-order chi connectivity index (χ0) is 24.6. The highest BCUT2D eigenvalue weighted by Crippen LogP contribution is 2.27. The third-order valence-corrected chi connectivity index (χ3v) is 5.65. The fourth-order valence-electron chi connectivity index (χ4n) is 3.85. The first kappa shape index (κ1) is 27.2. The third-order valence-electron chi connectivity index (χ3n) is 5.65. The molecular weight excluding hydrogens is 436 g/mol. The average molecular weight is 475 g/mol. The molecule has 13 heteroatoms. The Bertz CT molecular complexity index is 692. The molecule has 0 radical (unpaired) electrons. The quantitative estimate of drug-likeness (QED) is 0.106. The number of nitrogens with two attached hydrogens (primary N) is 3. The molecule has 0 bridgehead atoms. The molecule has 1 aliphatic carbocycles. The van der Waals surface area contributed by atoms with Crippen LogP contribution in [0.25, 0.3) is 0 Å². The predicted molar refractivity (Wildman–Crippen MR) is 119 cm³/mol. The molecule has 7 atom stereocenters. The van der Waals surface area contributed by atoms with E-state index < -0.39 is 54.3 Å². The summed E-state index contributed by atoms with van der Waals surface area (Å²) in [4.78, 5) is 16.1. The molecule has 33 heavy (non-hydrogen) atoms. The Morgan fingerprint density at radius 2 is 2.15 bits per heavy atom. The molecular formula is C20H38N6O7. The smallest absolute Gasteiger partial charge is 0.275 e. The van der Waals surface area contributed by atoms with Gasteiger partial charge in [-0.2, -0.15) is 0 Å². The lowest BCUT2D eigenvalue weighted by Crippen LogP contribution is -2.59. The molecule has 0 saturated heterocycles. The first-order chi connectivity index (χ1) is 15.6. The van der Waals surface area contributed by atoms with E-state index in [0.717, 1.165) is 0 Å². The lowest BCUT2D eigenvalue weighted by Gasteiger charge is -2.40. The van der Waals surface area contributed by atoms with Crippen LogP contribution in [0.3, 0.4) is 0 Å². The average Bonchev–Trinajstić information content (AvgIpc) is 2.75. The van der Waals surface area contributed by atoms with Crippen molar-refractivity contribution in [3.63, 3.8) is 0 Å². The van der Waals surface area contributed by atoms with Crippen molar-refractivity contribution in [2.45, 2.75) is 81.4 Å². The van der Waals surface area contributed by atoms with Gasteiger partial charge < -0.3 is 57.7 Å². The van der Waals surface area contributed by atoms with Crippen LogP contribution in [0.5, 0.6) is 0 Å². The number of carbonyl (C=O) groups is 1. The number of allylic oxidation sites excluding steroid dienone is 1. The van der Waals surface area contributed by atoms with E-state index >= 15 is 0 Å². The number of aliphatic imine (C=N–C) groups is 1. The summed E-state index contributed by atoms with van der Waals surface area (Å²) in [5.41, 5.74) is 14.7. The largest absolute Gasteiger partial charge is 0.468 e. The Morgan fingerprint density at radius 1 is 1.42 bits per heavy atom. The number of rotatable bonds is 11. The van der Waals surface area contributed by atoms with Crippen LogP contribution in [0.4, 0.5) is 0 Å². The van der Waals surface area contributed by atoms with Crippen LogP contribution in [0.15, 0.2) is 16.8 Å². The molecule has 2 aliphatic rings. The van der Waals surface area contributed by atoms with Gasteiger partial charge in [0.15, 0.2) is 12.2 Å². The number of guanidine groups is 1. The van der Waals surface area contributed by atoms with Crippen LogP contribution < -0.4 is 27.8 Å². The van der Waals surface area contributed by atoms with Crippen molar-refractivity contribution in [1.82, 2.24) is 10.6 Å². The molecule has 13 nitrogen and oxygen atoms in total. The fraction of sp³-hybridized carbons (Fsp3) is 0.800. The molecule has 2 rings (SSSR count). The molecule has 0 spiro atoms. The van der Waals surface area contributed by atoms with Crippen LogP contribution in [0, 0.1) is 0 Å². The Morgan fingerprint density at radius 3 is 2.76 bits per heavy atom. The van der Waals surface area contributed by atoms with Gasteiger partial charge >= 0.3 is 0 Å². The second-order valence-corrected chi connectivity index (χ2v) is 8.44. The lowest BCUT2D eigenvalue weighted by molar-refractivity contribution is -0.196. The summed E-state index contributed by atoms with van der Waals surface area (Å²) < 4.78 is 11.8. The Hall–Kier alpha value is -2.00. The van der Waals surface area contributed by atoms with Gasteiger partial charge in [-0.25, -0.2) is 4.99 Å². The van der Waals surface area contributed by atoms with Crippen molar-refractivity contribution in [3.05, 3.63) is 11.8 Å². The van der Waals surface area contributed by atoms with Gasteiger partial charge in [-0.15, -0.1) is 0 Å². The molecule has 0 aromatic heterocycles. The number of aliphatic hydroxyl groups excluding tert-OH is 3. The first-order valence-electron chi connectivity index (χ1n) is 11.2. The highest BCUT2D eigenvalue weighted by molar-refractivity contribution is 5.88. The maximum absolute atomic E-state index is 12.5. The molecule has 0 aromatic carbocycles. The monoisotopic (exact) mass is 474 g/mol. The number of aliphatic hydroxyl groups is 4. The SMILES string of the molecule is CCC(O)(N=C(N)N)C(=O)NC1CC(N)[C@@H](O[C@@H]2CCC=C(CNCC(O)CO)O2)C(O)C1. The van der Waals surface area contributed by atoms with Gasteiger partial charge in [0.2, 0.25) is 5.72 Å². The van der Waals surface area contributed by atoms with Gasteiger partial charge in [-0.1, -0.05) is 6.92 Å². The van der Waals surface area contributed by atoms with Gasteiger partial charge in [-0.3, -0.25) is 4.79 Å². The number of hydrogen-bond acceptors (Lipinski definition) is 10. The molecule has 1 heterocycles. The minimum atomic E-state index is -2.10. The summed E-state index contributed by atoms with van der Waals surface area (Å²) >= 11 is 0. The topological polar surface area (TPSA) is 231 Å². The maximum atomic E-state index is 12.5. The number of carbonyl (C=O) groups excluding carboxylic acids is 1. The minimum Gasteiger partial charge on any atom is -0.468 e. The standard InChI is InChI=1S/C20H38N6O7/c1-2-20(31,26-19(22)23)18(30)25-11-6-14(21)17(15(29)7-11)33-16-5-3-4-13(32-16)9-24-8-12(28)10-27/h4,11-12,14-17,24,27-29,31H,2-3,5-10,21H2,1H3,(H,25,30)(H4,22,23,26)/t11?,12?,14?,15?,16-,17-,20?/m1/s1. The van der Waals surface area contributed by atoms with E-state index in [1.165, 1.54) is 0 Å². The van der Waals surface area contributed by atoms with E-state index in [0.29, 0.717) is 31.6 Å². The zero-order valence-electron chi connectivity index (χ0n) is 18.9. The number of nitrogens with zero attached hydrogens (tertiary/aromatic N) is 1. The van der Waals surface area contributed by atoms with Crippen molar-refractivity contribution in [1.29, 1.82) is 0 Å². The van der Waals surface area contributed by atoms with Crippen molar-refractivity contribution in [2.24, 2.45) is 22.2 Å². The Balaban J connectivity index is 1.87. The summed E-state index contributed by atoms with van der Waals surface area (Å²) in [5, 5.41) is 44.9. The molecule has 5 unspecified atom stereocenters. The summed E-state index contributed by atoms with van der Waals surface area (Å²) in [6, 6.07) is -1.09. The molecule has 1 aliphatic heterocycles. The second-order valence-electron chi connectivity index (χ2n) is 8.44. The van der Waals surface area contributed by atoms with Gasteiger partial charge in [0.05, 0.1) is 25.4 Å². The van der Waals surface area contributed by atoms with E-state index in [4.69, 9.17) is 31.8 Å². The number of nitrogens with one attached hydrogen (secondary N) is 2. The molecule has 1 saturated carbocycles. The first-order valence-corrected chi connectivity index (χ1v) is 11.2. The van der Waals surface area contributed by atoms with Crippen molar-refractivity contribution in [3.8, 4) is 0 Å². The highest BCUT2D eigenvalue weighted by Gasteiger charge is 2.41. The van der Waals surface area contributed by atoms with Gasteiger partial charge in [-0.05, 0) is 25.3 Å². The van der Waals surface area contributed by atoms with E-state index in [1.807, 2.05) is 6.08 Å². The van der Waals surface area contributed by atoms with E-state index in [2.05, 4.69) is 15.6 Å². The van der Waals surface area contributed by atoms with Gasteiger partial charge in [0.25, 0.3) is 5.91 Å². The summed E-state index contributed by atoms with van der Waals surface area (Å²) in [5.74, 6) is -0.547. The van der Waals surface area contributed by atoms with E-state index in [1.54, 1.807) is 6.92 Å². The lowest BCUT2D eigenvalue weighted by atomic mass is 9.86. The van der Waals surface area contributed by atoms with Crippen molar-refractivity contribution < 1.29 is 34.7 Å². The Labute approximate surface area is 193 Å². The minimum absolute atomic E-state index is 0.0352. The number of ether oxygens (including phenoxy) is 2. The summed E-state index contributed by atoms with van der Waals surface area (Å²) in [6.45, 7) is 1.82. The second kappa shape index (κ2) is 12.5. The van der Waals surface area contributed by atoms with Crippen molar-refractivity contribution in [2.75, 3.05) is 19.7 Å². The number of amides is 1. The maximum Gasteiger partial charge on any atom is 0.275 e. The van der Waals surface area contributed by atoms with E-state index in [-0.39, 0.29) is 26.0 Å². The molecule has 1 amide bonds.